The van der Waals surface area contributed by atoms with E-state index >= 15 is 0 Å². The van der Waals surface area contributed by atoms with Crippen molar-refractivity contribution in [3.05, 3.63) is 89.7 Å². The van der Waals surface area contributed by atoms with Crippen LogP contribution in [0, 0.1) is 0 Å². The molecule has 2 aromatic carbocycles. The number of fused-ring (bicyclic) bond motifs is 1. The Bertz CT molecular complexity index is 1340. The van der Waals surface area contributed by atoms with Gasteiger partial charge in [-0.2, -0.15) is 0 Å². The zero-order chi connectivity index (χ0) is 24.2. The predicted octanol–water partition coefficient (Wildman–Crippen LogP) is 5.32. The van der Waals surface area contributed by atoms with Gasteiger partial charge in [-0.1, -0.05) is 36.4 Å². The minimum atomic E-state index is -2.56. The molecular formula is C27H24F2N4O2. The average molecular weight is 475 g/mol. The SMILES string of the molecule is O=C(Nc1ccc(CN2CCOCC2)nc1)c1cccc2ccc(-c3cccc(C(F)F)c3)nc12. The number of pyridine rings is 2. The highest BCUT2D eigenvalue weighted by molar-refractivity contribution is 6.12. The number of ether oxygens (including phenoxy) is 1. The lowest BCUT2D eigenvalue weighted by atomic mass is 10.0. The number of aromatic nitrogens is 2. The number of anilines is 1. The van der Waals surface area contributed by atoms with Crippen molar-refractivity contribution in [2.45, 2.75) is 13.0 Å². The van der Waals surface area contributed by atoms with Crippen LogP contribution in [-0.4, -0.2) is 47.1 Å². The van der Waals surface area contributed by atoms with Crippen LogP contribution in [0.3, 0.4) is 0 Å². The third-order valence-electron chi connectivity index (χ3n) is 5.97. The van der Waals surface area contributed by atoms with E-state index < -0.39 is 6.43 Å². The summed E-state index contributed by atoms with van der Waals surface area (Å²) in [6, 6.07) is 18.8. The Morgan fingerprint density at radius 2 is 1.86 bits per heavy atom. The second-order valence-electron chi connectivity index (χ2n) is 8.38. The highest BCUT2D eigenvalue weighted by Crippen LogP contribution is 2.27. The van der Waals surface area contributed by atoms with Crippen LogP contribution in [0.2, 0.25) is 0 Å². The number of benzene rings is 2. The molecule has 1 fully saturated rings. The van der Waals surface area contributed by atoms with E-state index in [0.717, 1.165) is 43.9 Å². The second kappa shape index (κ2) is 10.2. The van der Waals surface area contributed by atoms with Crippen molar-refractivity contribution in [2.75, 3.05) is 31.6 Å². The summed E-state index contributed by atoms with van der Waals surface area (Å²) in [6.45, 7) is 3.95. The molecule has 8 heteroatoms. The van der Waals surface area contributed by atoms with Crippen molar-refractivity contribution in [1.82, 2.24) is 14.9 Å². The molecule has 2 aromatic heterocycles. The molecule has 0 atom stereocenters. The summed E-state index contributed by atoms with van der Waals surface area (Å²) >= 11 is 0. The minimum absolute atomic E-state index is 0.0695. The summed E-state index contributed by atoms with van der Waals surface area (Å²) in [6.07, 6.45) is -0.918. The number of nitrogens with zero attached hydrogens (tertiary/aromatic N) is 3. The highest BCUT2D eigenvalue weighted by Gasteiger charge is 2.15. The van der Waals surface area contributed by atoms with Gasteiger partial charge in [0.05, 0.1) is 47.6 Å². The summed E-state index contributed by atoms with van der Waals surface area (Å²) < 4.78 is 31.7. The van der Waals surface area contributed by atoms with Gasteiger partial charge in [0.2, 0.25) is 0 Å². The Balaban J connectivity index is 1.36. The number of carbonyl (C=O) groups is 1. The van der Waals surface area contributed by atoms with Crippen LogP contribution in [0.15, 0.2) is 72.9 Å². The number of nitrogens with one attached hydrogen (secondary N) is 1. The number of alkyl halides is 2. The molecule has 0 spiro atoms. The van der Waals surface area contributed by atoms with Crippen molar-refractivity contribution in [3.63, 3.8) is 0 Å². The first kappa shape index (κ1) is 23.0. The number of amides is 1. The molecule has 1 aliphatic rings. The normalized spacial score (nSPS) is 14.4. The van der Waals surface area contributed by atoms with Gasteiger partial charge in [-0.3, -0.25) is 14.7 Å². The molecule has 178 valence electrons. The third-order valence-corrected chi connectivity index (χ3v) is 5.97. The maximum absolute atomic E-state index is 13.1. The number of halogens is 2. The maximum atomic E-state index is 13.1. The first-order valence-corrected chi connectivity index (χ1v) is 11.4. The van der Waals surface area contributed by atoms with E-state index in [4.69, 9.17) is 4.74 Å². The van der Waals surface area contributed by atoms with Gasteiger partial charge in [0.1, 0.15) is 0 Å². The van der Waals surface area contributed by atoms with Crippen molar-refractivity contribution >= 4 is 22.5 Å². The topological polar surface area (TPSA) is 67.4 Å². The van der Waals surface area contributed by atoms with E-state index in [1.54, 1.807) is 36.5 Å². The summed E-state index contributed by atoms with van der Waals surface area (Å²) in [7, 11) is 0. The molecule has 1 N–H and O–H groups in total. The Morgan fingerprint density at radius 3 is 2.63 bits per heavy atom. The lowest BCUT2D eigenvalue weighted by Crippen LogP contribution is -2.35. The minimum Gasteiger partial charge on any atom is -0.379 e. The van der Waals surface area contributed by atoms with Gasteiger partial charge in [0.25, 0.3) is 12.3 Å². The van der Waals surface area contributed by atoms with Crippen LogP contribution >= 0.6 is 0 Å². The van der Waals surface area contributed by atoms with Gasteiger partial charge in [-0.15, -0.1) is 0 Å². The lowest BCUT2D eigenvalue weighted by molar-refractivity contribution is 0.0336. The standard InChI is InChI=1S/C27H24F2N4O2/c28-26(29)20-5-1-4-19(15-20)24-10-7-18-3-2-6-23(25(18)32-24)27(34)31-21-8-9-22(30-16-21)17-33-11-13-35-14-12-33/h1-10,15-16,26H,11-14,17H2,(H,31,34). The molecular weight excluding hydrogens is 450 g/mol. The van der Waals surface area contributed by atoms with E-state index in [2.05, 4.69) is 20.2 Å². The zero-order valence-corrected chi connectivity index (χ0v) is 19.0. The largest absolute Gasteiger partial charge is 0.379 e. The molecule has 3 heterocycles. The van der Waals surface area contributed by atoms with Crippen LogP contribution in [0.1, 0.15) is 28.0 Å². The average Bonchev–Trinajstić information content (AvgIpc) is 2.90. The number of morpholine rings is 1. The Kier molecular flexibility index (Phi) is 6.74. The maximum Gasteiger partial charge on any atom is 0.263 e. The lowest BCUT2D eigenvalue weighted by Gasteiger charge is -2.26. The molecule has 1 aliphatic heterocycles. The first-order valence-electron chi connectivity index (χ1n) is 11.4. The smallest absolute Gasteiger partial charge is 0.263 e. The van der Waals surface area contributed by atoms with Crippen LogP contribution in [0.25, 0.3) is 22.2 Å². The molecule has 1 saturated heterocycles. The molecule has 0 radical (unpaired) electrons. The number of hydrogen-bond acceptors (Lipinski definition) is 5. The molecule has 1 amide bonds. The summed E-state index contributed by atoms with van der Waals surface area (Å²) in [4.78, 5) is 24.5. The molecule has 6 nitrogen and oxygen atoms in total. The van der Waals surface area contributed by atoms with E-state index in [9.17, 15) is 13.6 Å². The molecule has 0 aliphatic carbocycles. The highest BCUT2D eigenvalue weighted by atomic mass is 19.3. The first-order chi connectivity index (χ1) is 17.1. The molecule has 35 heavy (non-hydrogen) atoms. The van der Waals surface area contributed by atoms with Gasteiger partial charge in [-0.05, 0) is 30.3 Å². The summed E-state index contributed by atoms with van der Waals surface area (Å²) in [5.41, 5.74) is 3.42. The van der Waals surface area contributed by atoms with E-state index in [0.29, 0.717) is 28.0 Å². The molecule has 0 unspecified atom stereocenters. The summed E-state index contributed by atoms with van der Waals surface area (Å²) in [5.74, 6) is -0.315. The van der Waals surface area contributed by atoms with Crippen LogP contribution < -0.4 is 5.32 Å². The van der Waals surface area contributed by atoms with Gasteiger partial charge in [0.15, 0.2) is 0 Å². The number of para-hydroxylation sites is 1. The summed E-state index contributed by atoms with van der Waals surface area (Å²) in [5, 5.41) is 3.67. The third kappa shape index (κ3) is 5.34. The number of rotatable bonds is 6. The van der Waals surface area contributed by atoms with Crippen molar-refractivity contribution < 1.29 is 18.3 Å². The van der Waals surface area contributed by atoms with E-state index in [1.807, 2.05) is 24.3 Å². The fourth-order valence-corrected chi connectivity index (χ4v) is 4.10. The fourth-order valence-electron chi connectivity index (χ4n) is 4.10. The van der Waals surface area contributed by atoms with Crippen LogP contribution in [0.5, 0.6) is 0 Å². The Labute approximate surface area is 201 Å². The Hall–Kier alpha value is -3.75. The second-order valence-corrected chi connectivity index (χ2v) is 8.38. The van der Waals surface area contributed by atoms with E-state index in [-0.39, 0.29) is 11.5 Å². The van der Waals surface area contributed by atoms with Crippen molar-refractivity contribution in [1.29, 1.82) is 0 Å². The monoisotopic (exact) mass is 474 g/mol. The molecule has 5 rings (SSSR count). The van der Waals surface area contributed by atoms with Gasteiger partial charge >= 0.3 is 0 Å². The van der Waals surface area contributed by atoms with Crippen LogP contribution in [0.4, 0.5) is 14.5 Å². The fraction of sp³-hybridized carbons (Fsp3) is 0.222. The number of carbonyl (C=O) groups excluding carboxylic acids is 1. The predicted molar refractivity (Wildman–Crippen MR) is 130 cm³/mol. The van der Waals surface area contributed by atoms with Crippen LogP contribution in [-0.2, 0) is 11.3 Å². The van der Waals surface area contributed by atoms with E-state index in [1.165, 1.54) is 12.1 Å². The molecule has 0 bridgehead atoms. The van der Waals surface area contributed by atoms with Crippen molar-refractivity contribution in [2.24, 2.45) is 0 Å². The van der Waals surface area contributed by atoms with Crippen molar-refractivity contribution in [3.8, 4) is 11.3 Å². The molecule has 4 aromatic rings. The quantitative estimate of drug-likeness (QED) is 0.410. The van der Waals surface area contributed by atoms with Gasteiger partial charge < -0.3 is 10.1 Å². The number of hydrogen-bond donors (Lipinski definition) is 1. The molecule has 0 saturated carbocycles. The zero-order valence-electron chi connectivity index (χ0n) is 19.0. The van der Waals surface area contributed by atoms with Gasteiger partial charge in [0, 0.05) is 36.1 Å². The Morgan fingerprint density at radius 1 is 1.03 bits per heavy atom. The van der Waals surface area contributed by atoms with Gasteiger partial charge in [-0.25, -0.2) is 13.8 Å².